The quantitative estimate of drug-likeness (QED) is 0.694. The van der Waals surface area contributed by atoms with E-state index in [2.05, 4.69) is 22.7 Å². The van der Waals surface area contributed by atoms with Gasteiger partial charge in [0.15, 0.2) is 0 Å². The number of rotatable bonds is 2. The first-order valence-electron chi connectivity index (χ1n) is 5.01. The SMILES string of the molecule is CCc1nccn1C1CCOCC1. The minimum Gasteiger partial charge on any atom is -0.381 e. The van der Waals surface area contributed by atoms with Crippen molar-refractivity contribution in [2.75, 3.05) is 13.2 Å². The minimum atomic E-state index is 0.617. The second-order valence-corrected chi connectivity index (χ2v) is 3.45. The lowest BCUT2D eigenvalue weighted by Crippen LogP contribution is -2.20. The number of hydrogen-bond donors (Lipinski definition) is 0. The molecule has 0 aliphatic carbocycles. The predicted molar refractivity (Wildman–Crippen MR) is 50.7 cm³/mol. The lowest BCUT2D eigenvalue weighted by atomic mass is 10.1. The van der Waals surface area contributed by atoms with Crippen LogP contribution in [0.4, 0.5) is 0 Å². The van der Waals surface area contributed by atoms with Crippen LogP contribution in [0.5, 0.6) is 0 Å². The van der Waals surface area contributed by atoms with Gasteiger partial charge in [0.25, 0.3) is 0 Å². The molecular formula is C10H16N2O. The molecule has 0 radical (unpaired) electrons. The van der Waals surface area contributed by atoms with Crippen molar-refractivity contribution >= 4 is 0 Å². The normalized spacial score (nSPS) is 19.2. The second-order valence-electron chi connectivity index (χ2n) is 3.45. The zero-order valence-corrected chi connectivity index (χ0v) is 8.07. The maximum Gasteiger partial charge on any atom is 0.108 e. The van der Waals surface area contributed by atoms with Crippen LogP contribution in [-0.4, -0.2) is 22.8 Å². The first-order valence-corrected chi connectivity index (χ1v) is 5.01. The van der Waals surface area contributed by atoms with Crippen molar-refractivity contribution in [2.45, 2.75) is 32.2 Å². The van der Waals surface area contributed by atoms with Crippen LogP contribution in [0.1, 0.15) is 31.6 Å². The Kier molecular flexibility index (Phi) is 2.64. The van der Waals surface area contributed by atoms with E-state index in [1.165, 1.54) is 5.82 Å². The maximum absolute atomic E-state index is 5.34. The Labute approximate surface area is 78.7 Å². The monoisotopic (exact) mass is 180 g/mol. The molecule has 0 atom stereocenters. The Hall–Kier alpha value is -0.830. The summed E-state index contributed by atoms with van der Waals surface area (Å²) in [7, 11) is 0. The van der Waals surface area contributed by atoms with Gasteiger partial charge in [-0.2, -0.15) is 0 Å². The van der Waals surface area contributed by atoms with Crippen LogP contribution >= 0.6 is 0 Å². The first-order chi connectivity index (χ1) is 6.42. The van der Waals surface area contributed by atoms with Gasteiger partial charge in [0.1, 0.15) is 5.82 Å². The van der Waals surface area contributed by atoms with Crippen molar-refractivity contribution < 1.29 is 4.74 Å². The van der Waals surface area contributed by atoms with Crippen molar-refractivity contribution in [1.82, 2.24) is 9.55 Å². The molecule has 0 unspecified atom stereocenters. The summed E-state index contributed by atoms with van der Waals surface area (Å²) in [4.78, 5) is 4.33. The molecule has 2 rings (SSSR count). The minimum absolute atomic E-state index is 0.617. The number of aryl methyl sites for hydroxylation is 1. The molecule has 0 bridgehead atoms. The van der Waals surface area contributed by atoms with Crippen LogP contribution in [0.2, 0.25) is 0 Å². The zero-order chi connectivity index (χ0) is 9.10. The van der Waals surface area contributed by atoms with Crippen LogP contribution in [0.25, 0.3) is 0 Å². The smallest absolute Gasteiger partial charge is 0.108 e. The van der Waals surface area contributed by atoms with Crippen molar-refractivity contribution in [3.8, 4) is 0 Å². The highest BCUT2D eigenvalue weighted by Crippen LogP contribution is 2.21. The molecule has 0 amide bonds. The molecular weight excluding hydrogens is 164 g/mol. The molecule has 72 valence electrons. The average molecular weight is 180 g/mol. The summed E-state index contributed by atoms with van der Waals surface area (Å²) < 4.78 is 7.65. The van der Waals surface area contributed by atoms with Crippen molar-refractivity contribution in [1.29, 1.82) is 0 Å². The summed E-state index contributed by atoms with van der Waals surface area (Å²) in [6, 6.07) is 0.617. The standard InChI is InChI=1S/C10H16N2O/c1-2-10-11-5-6-12(10)9-3-7-13-8-4-9/h5-6,9H,2-4,7-8H2,1H3. The molecule has 1 fully saturated rings. The molecule has 1 aromatic heterocycles. The van der Waals surface area contributed by atoms with Gasteiger partial charge in [-0.3, -0.25) is 0 Å². The molecule has 3 nitrogen and oxygen atoms in total. The molecule has 1 aliphatic heterocycles. The largest absolute Gasteiger partial charge is 0.381 e. The van der Waals surface area contributed by atoms with E-state index in [4.69, 9.17) is 4.74 Å². The van der Waals surface area contributed by atoms with Gasteiger partial charge in [-0.1, -0.05) is 6.92 Å². The second kappa shape index (κ2) is 3.92. The third-order valence-electron chi connectivity index (χ3n) is 2.65. The first kappa shape index (κ1) is 8.75. The number of hydrogen-bond acceptors (Lipinski definition) is 2. The van der Waals surface area contributed by atoms with Gasteiger partial charge in [0.2, 0.25) is 0 Å². The molecule has 0 saturated carbocycles. The van der Waals surface area contributed by atoms with E-state index >= 15 is 0 Å². The molecule has 1 aromatic rings. The average Bonchev–Trinajstić information content (AvgIpc) is 2.67. The van der Waals surface area contributed by atoms with E-state index in [1.54, 1.807) is 0 Å². The highest BCUT2D eigenvalue weighted by atomic mass is 16.5. The van der Waals surface area contributed by atoms with Gasteiger partial charge in [0, 0.05) is 38.1 Å². The Morgan fingerprint density at radius 1 is 1.54 bits per heavy atom. The van der Waals surface area contributed by atoms with Gasteiger partial charge in [-0.15, -0.1) is 0 Å². The van der Waals surface area contributed by atoms with Gasteiger partial charge >= 0.3 is 0 Å². The van der Waals surface area contributed by atoms with Gasteiger partial charge < -0.3 is 9.30 Å². The third kappa shape index (κ3) is 1.75. The van der Waals surface area contributed by atoms with Gasteiger partial charge in [0.05, 0.1) is 0 Å². The maximum atomic E-state index is 5.34. The van der Waals surface area contributed by atoms with E-state index in [1.807, 2.05) is 6.20 Å². The Morgan fingerprint density at radius 3 is 3.00 bits per heavy atom. The van der Waals surface area contributed by atoms with E-state index in [0.717, 1.165) is 32.5 Å². The number of nitrogens with zero attached hydrogens (tertiary/aromatic N) is 2. The molecule has 1 aliphatic rings. The summed E-state index contributed by atoms with van der Waals surface area (Å²) in [5, 5.41) is 0. The van der Waals surface area contributed by atoms with E-state index < -0.39 is 0 Å². The summed E-state index contributed by atoms with van der Waals surface area (Å²) >= 11 is 0. The lowest BCUT2D eigenvalue weighted by Gasteiger charge is -2.24. The topological polar surface area (TPSA) is 27.1 Å². The fourth-order valence-electron chi connectivity index (χ4n) is 1.91. The summed E-state index contributed by atoms with van der Waals surface area (Å²) in [6.07, 6.45) is 7.26. The Bertz CT molecular complexity index is 264. The fourth-order valence-corrected chi connectivity index (χ4v) is 1.91. The van der Waals surface area contributed by atoms with E-state index in [0.29, 0.717) is 6.04 Å². The van der Waals surface area contributed by atoms with Crippen LogP contribution in [0.3, 0.4) is 0 Å². The molecule has 0 N–H and O–H groups in total. The van der Waals surface area contributed by atoms with Crippen LogP contribution in [0.15, 0.2) is 12.4 Å². The van der Waals surface area contributed by atoms with Gasteiger partial charge in [-0.05, 0) is 12.8 Å². The summed E-state index contributed by atoms with van der Waals surface area (Å²) in [5.74, 6) is 1.20. The number of imidazole rings is 1. The lowest BCUT2D eigenvalue weighted by molar-refractivity contribution is 0.0688. The Morgan fingerprint density at radius 2 is 2.31 bits per heavy atom. The molecule has 3 heteroatoms. The highest BCUT2D eigenvalue weighted by molar-refractivity contribution is 4.95. The van der Waals surface area contributed by atoms with Crippen LogP contribution < -0.4 is 0 Å². The van der Waals surface area contributed by atoms with Crippen molar-refractivity contribution in [3.63, 3.8) is 0 Å². The van der Waals surface area contributed by atoms with Crippen molar-refractivity contribution in [2.24, 2.45) is 0 Å². The van der Waals surface area contributed by atoms with E-state index in [-0.39, 0.29) is 0 Å². The van der Waals surface area contributed by atoms with Gasteiger partial charge in [-0.25, -0.2) is 4.98 Å². The predicted octanol–water partition coefficient (Wildman–Crippen LogP) is 1.80. The van der Waals surface area contributed by atoms with Crippen LogP contribution in [0, 0.1) is 0 Å². The molecule has 0 spiro atoms. The summed E-state index contributed by atoms with van der Waals surface area (Å²) in [5.41, 5.74) is 0. The number of ether oxygens (including phenoxy) is 1. The highest BCUT2D eigenvalue weighted by Gasteiger charge is 2.16. The molecule has 0 aromatic carbocycles. The third-order valence-corrected chi connectivity index (χ3v) is 2.65. The number of aromatic nitrogens is 2. The van der Waals surface area contributed by atoms with Crippen LogP contribution in [-0.2, 0) is 11.2 Å². The molecule has 1 saturated heterocycles. The molecule has 13 heavy (non-hydrogen) atoms. The Balaban J connectivity index is 2.13. The summed E-state index contributed by atoms with van der Waals surface area (Å²) in [6.45, 7) is 3.94. The van der Waals surface area contributed by atoms with E-state index in [9.17, 15) is 0 Å². The van der Waals surface area contributed by atoms with Crippen molar-refractivity contribution in [3.05, 3.63) is 18.2 Å². The fraction of sp³-hybridized carbons (Fsp3) is 0.700. The zero-order valence-electron chi connectivity index (χ0n) is 8.07. The molecule has 2 heterocycles.